The summed E-state index contributed by atoms with van der Waals surface area (Å²) in [4.78, 5) is 12.0. The van der Waals surface area contributed by atoms with Gasteiger partial charge in [0.1, 0.15) is 6.33 Å². The molecule has 1 aromatic heterocycles. The number of hydrogen-bond donors (Lipinski definition) is 2. The van der Waals surface area contributed by atoms with Crippen molar-refractivity contribution in [2.75, 3.05) is 12.4 Å². The van der Waals surface area contributed by atoms with E-state index < -0.39 is 0 Å². The maximum atomic E-state index is 12.0. The SMILES string of the molecule is CCC(C)(CCO)NC(=O)CSc1nncn1C(C)C. The van der Waals surface area contributed by atoms with Crippen LogP contribution in [-0.2, 0) is 4.79 Å². The van der Waals surface area contributed by atoms with Gasteiger partial charge in [0.2, 0.25) is 5.91 Å². The zero-order valence-electron chi connectivity index (χ0n) is 12.6. The van der Waals surface area contributed by atoms with Crippen molar-refractivity contribution in [3.05, 3.63) is 6.33 Å². The molecular formula is C13H24N4O2S. The predicted octanol–water partition coefficient (Wildman–Crippen LogP) is 1.62. The minimum absolute atomic E-state index is 0.0499. The van der Waals surface area contributed by atoms with Gasteiger partial charge >= 0.3 is 0 Å². The third-order valence-electron chi connectivity index (χ3n) is 3.31. The molecule has 2 N–H and O–H groups in total. The molecule has 0 saturated heterocycles. The number of amides is 1. The zero-order chi connectivity index (χ0) is 15.2. The fourth-order valence-electron chi connectivity index (χ4n) is 1.77. The molecule has 0 aromatic carbocycles. The van der Waals surface area contributed by atoms with Crippen LogP contribution >= 0.6 is 11.8 Å². The monoisotopic (exact) mass is 300 g/mol. The topological polar surface area (TPSA) is 80.0 Å². The maximum Gasteiger partial charge on any atom is 0.230 e. The van der Waals surface area contributed by atoms with Crippen LogP contribution in [0.25, 0.3) is 0 Å². The number of nitrogens with zero attached hydrogens (tertiary/aromatic N) is 3. The smallest absolute Gasteiger partial charge is 0.230 e. The first-order valence-corrected chi connectivity index (χ1v) is 7.84. The zero-order valence-corrected chi connectivity index (χ0v) is 13.4. The molecule has 7 heteroatoms. The Morgan fingerprint density at radius 3 is 2.85 bits per heavy atom. The molecule has 1 amide bonds. The molecule has 114 valence electrons. The summed E-state index contributed by atoms with van der Waals surface area (Å²) < 4.78 is 1.94. The van der Waals surface area contributed by atoms with Crippen LogP contribution in [0.15, 0.2) is 11.5 Å². The molecule has 0 aliphatic rings. The van der Waals surface area contributed by atoms with E-state index in [1.807, 2.05) is 32.3 Å². The summed E-state index contributed by atoms with van der Waals surface area (Å²) >= 11 is 1.37. The number of thioether (sulfide) groups is 1. The van der Waals surface area contributed by atoms with Crippen LogP contribution in [0.3, 0.4) is 0 Å². The fraction of sp³-hybridized carbons (Fsp3) is 0.769. The van der Waals surface area contributed by atoms with Gasteiger partial charge in [0.05, 0.1) is 5.75 Å². The van der Waals surface area contributed by atoms with E-state index in [9.17, 15) is 4.79 Å². The van der Waals surface area contributed by atoms with Crippen molar-refractivity contribution in [2.45, 2.75) is 57.3 Å². The molecule has 0 aliphatic heterocycles. The molecule has 1 aromatic rings. The molecule has 0 fully saturated rings. The molecule has 0 aliphatic carbocycles. The quantitative estimate of drug-likeness (QED) is 0.713. The summed E-state index contributed by atoms with van der Waals surface area (Å²) in [5.41, 5.74) is -0.349. The van der Waals surface area contributed by atoms with Crippen molar-refractivity contribution in [1.82, 2.24) is 20.1 Å². The molecule has 0 spiro atoms. The molecule has 1 heterocycles. The van der Waals surface area contributed by atoms with Gasteiger partial charge in [-0.15, -0.1) is 10.2 Å². The lowest BCUT2D eigenvalue weighted by Crippen LogP contribution is -2.46. The Labute approximate surface area is 124 Å². The van der Waals surface area contributed by atoms with Crippen LogP contribution in [0.1, 0.15) is 46.6 Å². The number of aliphatic hydroxyl groups is 1. The number of hydrogen-bond acceptors (Lipinski definition) is 5. The maximum absolute atomic E-state index is 12.0. The first-order chi connectivity index (χ1) is 9.41. The average molecular weight is 300 g/mol. The van der Waals surface area contributed by atoms with Crippen molar-refractivity contribution in [2.24, 2.45) is 0 Å². The second-order valence-corrected chi connectivity index (χ2v) is 6.28. The third-order valence-corrected chi connectivity index (χ3v) is 4.27. The first-order valence-electron chi connectivity index (χ1n) is 6.86. The lowest BCUT2D eigenvalue weighted by atomic mass is 9.95. The molecule has 1 unspecified atom stereocenters. The molecular weight excluding hydrogens is 276 g/mol. The Morgan fingerprint density at radius 1 is 1.60 bits per heavy atom. The second kappa shape index (κ2) is 7.64. The summed E-state index contributed by atoms with van der Waals surface area (Å²) in [5.74, 6) is 0.248. The van der Waals surface area contributed by atoms with Gasteiger partial charge in [-0.2, -0.15) is 0 Å². The standard InChI is InChI=1S/C13H24N4O2S/c1-5-13(4,6-7-18)15-11(19)8-20-12-16-14-9-17(12)10(2)3/h9-10,18H,5-8H2,1-4H3,(H,15,19). The normalized spacial score (nSPS) is 14.3. The van der Waals surface area contributed by atoms with Crippen molar-refractivity contribution >= 4 is 17.7 Å². The number of rotatable bonds is 8. The first kappa shape index (κ1) is 17.0. The van der Waals surface area contributed by atoms with Gasteiger partial charge in [0.15, 0.2) is 5.16 Å². The van der Waals surface area contributed by atoms with Gasteiger partial charge < -0.3 is 15.0 Å². The lowest BCUT2D eigenvalue weighted by Gasteiger charge is -2.28. The van der Waals surface area contributed by atoms with E-state index in [2.05, 4.69) is 15.5 Å². The average Bonchev–Trinajstić information content (AvgIpc) is 2.85. The van der Waals surface area contributed by atoms with Crippen LogP contribution < -0.4 is 5.32 Å². The summed E-state index contributed by atoms with van der Waals surface area (Å²) in [7, 11) is 0. The Bertz CT molecular complexity index is 436. The Kier molecular flexibility index (Phi) is 6.48. The minimum atomic E-state index is -0.349. The Hall–Kier alpha value is -1.08. The summed E-state index contributed by atoms with van der Waals surface area (Å²) in [5, 5.41) is 20.7. The van der Waals surface area contributed by atoms with Gasteiger partial charge in [0, 0.05) is 18.2 Å². The van der Waals surface area contributed by atoms with E-state index in [1.165, 1.54) is 11.8 Å². The highest BCUT2D eigenvalue weighted by atomic mass is 32.2. The number of carbonyl (C=O) groups excluding carboxylic acids is 1. The van der Waals surface area contributed by atoms with E-state index in [1.54, 1.807) is 6.33 Å². The van der Waals surface area contributed by atoms with Crippen LogP contribution in [0.2, 0.25) is 0 Å². The lowest BCUT2D eigenvalue weighted by molar-refractivity contribution is -0.120. The van der Waals surface area contributed by atoms with Crippen LogP contribution in [-0.4, -0.2) is 43.7 Å². The highest BCUT2D eigenvalue weighted by molar-refractivity contribution is 7.99. The molecule has 6 nitrogen and oxygen atoms in total. The third kappa shape index (κ3) is 4.79. The van der Waals surface area contributed by atoms with Gasteiger partial charge in [-0.1, -0.05) is 18.7 Å². The Morgan fingerprint density at radius 2 is 2.30 bits per heavy atom. The van der Waals surface area contributed by atoms with Crippen LogP contribution in [0.5, 0.6) is 0 Å². The molecule has 1 atom stereocenters. The minimum Gasteiger partial charge on any atom is -0.396 e. The summed E-state index contributed by atoms with van der Waals surface area (Å²) in [6, 6.07) is 0.269. The van der Waals surface area contributed by atoms with Gasteiger partial charge in [-0.3, -0.25) is 4.79 Å². The largest absolute Gasteiger partial charge is 0.396 e. The van der Waals surface area contributed by atoms with Gasteiger partial charge in [-0.05, 0) is 33.6 Å². The molecule has 1 rings (SSSR count). The number of nitrogens with one attached hydrogen (secondary N) is 1. The highest BCUT2D eigenvalue weighted by Crippen LogP contribution is 2.19. The number of aliphatic hydroxyl groups excluding tert-OH is 1. The van der Waals surface area contributed by atoms with Crippen molar-refractivity contribution in [3.8, 4) is 0 Å². The molecule has 0 radical (unpaired) electrons. The van der Waals surface area contributed by atoms with Gasteiger partial charge in [-0.25, -0.2) is 0 Å². The molecule has 20 heavy (non-hydrogen) atoms. The van der Waals surface area contributed by atoms with E-state index in [4.69, 9.17) is 5.11 Å². The van der Waals surface area contributed by atoms with Crippen molar-refractivity contribution in [1.29, 1.82) is 0 Å². The van der Waals surface area contributed by atoms with E-state index >= 15 is 0 Å². The predicted molar refractivity (Wildman–Crippen MR) is 79.7 cm³/mol. The van der Waals surface area contributed by atoms with Crippen LogP contribution in [0, 0.1) is 0 Å². The molecule has 0 saturated carbocycles. The van der Waals surface area contributed by atoms with Gasteiger partial charge in [0.25, 0.3) is 0 Å². The van der Waals surface area contributed by atoms with E-state index in [0.29, 0.717) is 12.2 Å². The summed E-state index contributed by atoms with van der Waals surface area (Å²) in [6.45, 7) is 8.10. The second-order valence-electron chi connectivity index (χ2n) is 5.34. The van der Waals surface area contributed by atoms with E-state index in [-0.39, 0.29) is 24.1 Å². The summed E-state index contributed by atoms with van der Waals surface area (Å²) in [6.07, 6.45) is 3.01. The fourth-order valence-corrected chi connectivity index (χ4v) is 2.61. The van der Waals surface area contributed by atoms with Crippen molar-refractivity contribution in [3.63, 3.8) is 0 Å². The highest BCUT2D eigenvalue weighted by Gasteiger charge is 2.23. The Balaban J connectivity index is 2.53. The van der Waals surface area contributed by atoms with Crippen molar-refractivity contribution < 1.29 is 9.90 Å². The molecule has 0 bridgehead atoms. The van der Waals surface area contributed by atoms with E-state index in [0.717, 1.165) is 11.6 Å². The van der Waals surface area contributed by atoms with Crippen LogP contribution in [0.4, 0.5) is 0 Å². The number of aromatic nitrogens is 3. The number of carbonyl (C=O) groups is 1.